The van der Waals surface area contributed by atoms with Gasteiger partial charge in [-0.15, -0.1) is 0 Å². The van der Waals surface area contributed by atoms with Crippen LogP contribution < -0.4 is 10.6 Å². The quantitative estimate of drug-likeness (QED) is 0.755. The molecule has 0 heterocycles. The van der Waals surface area contributed by atoms with E-state index in [2.05, 4.69) is 10.6 Å². The van der Waals surface area contributed by atoms with Crippen LogP contribution in [0.4, 0.5) is 4.79 Å². The number of ether oxygens (including phenoxy) is 1. The molecule has 4 saturated carbocycles. The van der Waals surface area contributed by atoms with Crippen LogP contribution >= 0.6 is 0 Å². The molecule has 0 radical (unpaired) electrons. The maximum Gasteiger partial charge on any atom is 0.328 e. The molecule has 2 N–H and O–H groups in total. The Bertz CT molecular complexity index is 653. The van der Waals surface area contributed by atoms with E-state index in [1.165, 1.54) is 45.6 Å². The van der Waals surface area contributed by atoms with Crippen molar-refractivity contribution < 1.29 is 14.3 Å². The molecule has 0 spiro atoms. The standard InChI is InChI=1S/C22H30N2O3/c1-27-20(25)19(10-15-5-3-2-4-6-15)24-21(26)23-14-22-11-16-7-17(12-22)9-18(8-16)13-22/h2-6,16-19H,7-14H2,1H3,(H2,23,24,26)/t16?,17?,18?,19-,22?/m0/s1. The van der Waals surface area contributed by atoms with E-state index in [0.29, 0.717) is 6.42 Å². The Morgan fingerprint density at radius 2 is 1.67 bits per heavy atom. The van der Waals surface area contributed by atoms with Crippen molar-refractivity contribution in [3.63, 3.8) is 0 Å². The third-order valence-electron chi connectivity index (χ3n) is 6.86. The summed E-state index contributed by atoms with van der Waals surface area (Å²) in [7, 11) is 1.36. The molecule has 1 atom stereocenters. The molecule has 0 unspecified atom stereocenters. The van der Waals surface area contributed by atoms with E-state index >= 15 is 0 Å². The minimum absolute atomic E-state index is 0.267. The van der Waals surface area contributed by atoms with Crippen molar-refractivity contribution in [3.05, 3.63) is 35.9 Å². The molecule has 2 amide bonds. The van der Waals surface area contributed by atoms with Crippen molar-refractivity contribution in [1.29, 1.82) is 0 Å². The summed E-state index contributed by atoms with van der Waals surface area (Å²) in [5.41, 5.74) is 1.28. The lowest BCUT2D eigenvalue weighted by atomic mass is 9.49. The third kappa shape index (κ3) is 4.12. The first-order valence-electron chi connectivity index (χ1n) is 10.2. The average Bonchev–Trinajstić information content (AvgIpc) is 2.65. The maximum absolute atomic E-state index is 12.5. The van der Waals surface area contributed by atoms with Crippen LogP contribution in [0.2, 0.25) is 0 Å². The monoisotopic (exact) mass is 370 g/mol. The summed E-state index contributed by atoms with van der Waals surface area (Å²) >= 11 is 0. The normalized spacial score (nSPS) is 32.0. The molecule has 5 heteroatoms. The van der Waals surface area contributed by atoms with E-state index in [4.69, 9.17) is 4.74 Å². The second-order valence-corrected chi connectivity index (χ2v) is 9.01. The van der Waals surface area contributed by atoms with Gasteiger partial charge >= 0.3 is 12.0 Å². The van der Waals surface area contributed by atoms with Crippen molar-refractivity contribution >= 4 is 12.0 Å². The summed E-state index contributed by atoms with van der Waals surface area (Å²) in [6.07, 6.45) is 8.38. The van der Waals surface area contributed by atoms with E-state index < -0.39 is 12.0 Å². The number of hydrogen-bond donors (Lipinski definition) is 2. The molecular weight excluding hydrogens is 340 g/mol. The Kier molecular flexibility index (Phi) is 5.11. The van der Waals surface area contributed by atoms with Crippen LogP contribution in [0.5, 0.6) is 0 Å². The molecule has 5 nitrogen and oxygen atoms in total. The zero-order valence-corrected chi connectivity index (χ0v) is 16.1. The summed E-state index contributed by atoms with van der Waals surface area (Å²) in [4.78, 5) is 24.6. The van der Waals surface area contributed by atoms with E-state index in [1.807, 2.05) is 30.3 Å². The van der Waals surface area contributed by atoms with Gasteiger partial charge in [-0.05, 0) is 67.3 Å². The first-order valence-corrected chi connectivity index (χ1v) is 10.2. The highest BCUT2D eigenvalue weighted by atomic mass is 16.5. The van der Waals surface area contributed by atoms with Gasteiger partial charge in [0.25, 0.3) is 0 Å². The van der Waals surface area contributed by atoms with Crippen molar-refractivity contribution in [2.75, 3.05) is 13.7 Å². The number of nitrogens with one attached hydrogen (secondary N) is 2. The van der Waals surface area contributed by atoms with Crippen LogP contribution in [0, 0.1) is 23.2 Å². The molecule has 0 aliphatic heterocycles. The molecule has 146 valence electrons. The highest BCUT2D eigenvalue weighted by Gasteiger charge is 2.50. The predicted molar refractivity (Wildman–Crippen MR) is 103 cm³/mol. The smallest absolute Gasteiger partial charge is 0.328 e. The number of carbonyl (C=O) groups is 2. The summed E-state index contributed by atoms with van der Waals surface area (Å²) < 4.78 is 4.88. The Morgan fingerprint density at radius 3 is 2.22 bits per heavy atom. The van der Waals surface area contributed by atoms with Crippen molar-refractivity contribution in [3.8, 4) is 0 Å². The summed E-state index contributed by atoms with van der Waals surface area (Å²) in [5.74, 6) is 2.18. The predicted octanol–water partition coefficient (Wildman–Crippen LogP) is 3.29. The average molecular weight is 370 g/mol. The van der Waals surface area contributed by atoms with Gasteiger partial charge in [0.1, 0.15) is 6.04 Å². The zero-order chi connectivity index (χ0) is 18.9. The maximum atomic E-state index is 12.5. The number of methoxy groups -OCH3 is 1. The van der Waals surface area contributed by atoms with Crippen LogP contribution in [0.3, 0.4) is 0 Å². The highest BCUT2D eigenvalue weighted by molar-refractivity contribution is 5.83. The number of benzene rings is 1. The van der Waals surface area contributed by atoms with E-state index in [1.54, 1.807) is 0 Å². The summed E-state index contributed by atoms with van der Waals surface area (Å²) in [6.45, 7) is 0.724. The van der Waals surface area contributed by atoms with Gasteiger partial charge in [0.15, 0.2) is 0 Å². The Hall–Kier alpha value is -2.04. The largest absolute Gasteiger partial charge is 0.467 e. The molecular formula is C22H30N2O3. The van der Waals surface area contributed by atoms with Gasteiger partial charge in [-0.1, -0.05) is 30.3 Å². The minimum atomic E-state index is -0.672. The molecule has 27 heavy (non-hydrogen) atoms. The first-order chi connectivity index (χ1) is 13.0. The molecule has 4 fully saturated rings. The van der Waals surface area contributed by atoms with Gasteiger partial charge in [0, 0.05) is 13.0 Å². The molecule has 1 aromatic rings. The Balaban J connectivity index is 1.34. The third-order valence-corrected chi connectivity index (χ3v) is 6.86. The number of amides is 2. The lowest BCUT2D eigenvalue weighted by molar-refractivity contribution is -0.142. The fourth-order valence-corrected chi connectivity index (χ4v) is 6.17. The Morgan fingerprint density at radius 1 is 1.07 bits per heavy atom. The summed E-state index contributed by atoms with van der Waals surface area (Å²) in [5, 5.41) is 5.90. The van der Waals surface area contributed by atoms with E-state index in [9.17, 15) is 9.59 Å². The van der Waals surface area contributed by atoms with Crippen LogP contribution in [0.1, 0.15) is 44.1 Å². The fourth-order valence-electron chi connectivity index (χ4n) is 6.17. The Labute approximate surface area is 161 Å². The molecule has 5 rings (SSSR count). The minimum Gasteiger partial charge on any atom is -0.467 e. The fraction of sp³-hybridized carbons (Fsp3) is 0.636. The lowest BCUT2D eigenvalue weighted by Gasteiger charge is -2.56. The number of rotatable bonds is 6. The molecule has 0 aromatic heterocycles. The SMILES string of the molecule is COC(=O)[C@H](Cc1ccccc1)NC(=O)NCC12CC3CC(CC(C3)C1)C2. The second kappa shape index (κ2) is 7.53. The summed E-state index contributed by atoms with van der Waals surface area (Å²) in [6, 6.07) is 8.75. The topological polar surface area (TPSA) is 67.4 Å². The van der Waals surface area contributed by atoms with E-state index in [0.717, 1.165) is 29.9 Å². The van der Waals surface area contributed by atoms with Gasteiger partial charge in [0.2, 0.25) is 0 Å². The number of esters is 1. The van der Waals surface area contributed by atoms with Crippen LogP contribution in [-0.4, -0.2) is 31.7 Å². The van der Waals surface area contributed by atoms with Crippen LogP contribution in [0.25, 0.3) is 0 Å². The van der Waals surface area contributed by atoms with Crippen molar-refractivity contribution in [2.24, 2.45) is 23.2 Å². The first kappa shape index (κ1) is 18.3. The number of hydrogen-bond acceptors (Lipinski definition) is 3. The molecule has 4 aliphatic rings. The molecule has 4 bridgehead atoms. The van der Waals surface area contributed by atoms with Crippen LogP contribution in [-0.2, 0) is 16.0 Å². The van der Waals surface area contributed by atoms with Crippen LogP contribution in [0.15, 0.2) is 30.3 Å². The van der Waals surface area contributed by atoms with Gasteiger partial charge < -0.3 is 15.4 Å². The second-order valence-electron chi connectivity index (χ2n) is 9.01. The molecule has 0 saturated heterocycles. The van der Waals surface area contributed by atoms with Gasteiger partial charge in [-0.2, -0.15) is 0 Å². The molecule has 4 aliphatic carbocycles. The van der Waals surface area contributed by atoms with Crippen molar-refractivity contribution in [2.45, 2.75) is 51.0 Å². The van der Waals surface area contributed by atoms with Gasteiger partial charge in [-0.25, -0.2) is 9.59 Å². The van der Waals surface area contributed by atoms with E-state index in [-0.39, 0.29) is 11.4 Å². The highest BCUT2D eigenvalue weighted by Crippen LogP contribution is 2.59. The zero-order valence-electron chi connectivity index (χ0n) is 16.1. The molecule has 1 aromatic carbocycles. The number of urea groups is 1. The number of carbonyl (C=O) groups excluding carboxylic acids is 2. The van der Waals surface area contributed by atoms with Crippen molar-refractivity contribution in [1.82, 2.24) is 10.6 Å². The van der Waals surface area contributed by atoms with Gasteiger partial charge in [-0.3, -0.25) is 0 Å². The van der Waals surface area contributed by atoms with Gasteiger partial charge in [0.05, 0.1) is 7.11 Å². The lowest BCUT2D eigenvalue weighted by Crippen LogP contribution is -2.54.